The lowest BCUT2D eigenvalue weighted by molar-refractivity contribution is -0.122. The summed E-state index contributed by atoms with van der Waals surface area (Å²) in [6.45, 7) is 17.7. The van der Waals surface area contributed by atoms with E-state index < -0.39 is 6.04 Å². The van der Waals surface area contributed by atoms with Gasteiger partial charge in [0, 0.05) is 18.3 Å². The summed E-state index contributed by atoms with van der Waals surface area (Å²) in [6.07, 6.45) is 1.10. The predicted octanol–water partition coefficient (Wildman–Crippen LogP) is 7.02. The Hall–Kier alpha value is -2.75. The number of methoxy groups -OCH3 is 1. The normalized spacial score (nSPS) is 17.2. The highest BCUT2D eigenvalue weighted by molar-refractivity contribution is 6.10. The summed E-state index contributed by atoms with van der Waals surface area (Å²) in [4.78, 5) is 17.2. The molecule has 0 saturated carbocycles. The van der Waals surface area contributed by atoms with Crippen LogP contribution in [0.1, 0.15) is 71.0 Å². The number of likely N-dealkylation sites (N-methyl/N-ethyl adjacent to an activating group) is 1. The van der Waals surface area contributed by atoms with Crippen molar-refractivity contribution in [2.75, 3.05) is 19.1 Å². The minimum atomic E-state index is -0.457. The first-order chi connectivity index (χ1) is 14.8. The van der Waals surface area contributed by atoms with Crippen molar-refractivity contribution >= 4 is 17.3 Å². The third-order valence-corrected chi connectivity index (χ3v) is 6.36. The van der Waals surface area contributed by atoms with E-state index in [9.17, 15) is 4.79 Å². The number of anilines is 2. The Morgan fingerprint density at radius 2 is 1.66 bits per heavy atom. The minimum absolute atomic E-state index is 0.00159. The molecule has 0 saturated heterocycles. The quantitative estimate of drug-likeness (QED) is 0.458. The van der Waals surface area contributed by atoms with E-state index >= 15 is 0 Å². The smallest absolute Gasteiger partial charge is 0.259 e. The van der Waals surface area contributed by atoms with Crippen LogP contribution in [0.3, 0.4) is 0 Å². The van der Waals surface area contributed by atoms with Gasteiger partial charge in [-0.3, -0.25) is 9.69 Å². The van der Waals surface area contributed by atoms with Crippen LogP contribution in [0.5, 0.6) is 0 Å². The van der Waals surface area contributed by atoms with E-state index in [1.165, 1.54) is 5.56 Å². The van der Waals surface area contributed by atoms with Gasteiger partial charge in [0.25, 0.3) is 5.91 Å². The summed E-state index contributed by atoms with van der Waals surface area (Å²) in [5.41, 5.74) is 4.46. The third-order valence-electron chi connectivity index (χ3n) is 6.36. The largest absolute Gasteiger partial charge is 0.483 e. The van der Waals surface area contributed by atoms with E-state index in [4.69, 9.17) is 4.74 Å². The Bertz CT molecular complexity index is 980. The molecule has 3 rings (SSSR count). The molecule has 172 valence electrons. The highest BCUT2D eigenvalue weighted by atomic mass is 16.5. The Kier molecular flexibility index (Phi) is 6.46. The van der Waals surface area contributed by atoms with E-state index in [-0.39, 0.29) is 16.7 Å². The second kappa shape index (κ2) is 8.65. The van der Waals surface area contributed by atoms with Gasteiger partial charge in [0.05, 0.1) is 12.8 Å². The topological polar surface area (TPSA) is 32.8 Å². The van der Waals surface area contributed by atoms with Crippen molar-refractivity contribution < 1.29 is 9.53 Å². The molecule has 1 aliphatic rings. The maximum atomic E-state index is 13.6. The van der Waals surface area contributed by atoms with Crippen LogP contribution in [-0.4, -0.2) is 25.0 Å². The van der Waals surface area contributed by atoms with Crippen LogP contribution in [0, 0.1) is 10.8 Å². The van der Waals surface area contributed by atoms with Gasteiger partial charge >= 0.3 is 0 Å². The standard InChI is InChI=1S/C28H38N2O2/c1-19(32-9)29(8)25-22-12-10-11-13-24(22)30(26(25)31)21-16-14-20(15-17-21)23(28(5,6)7)18-27(2,3)4/h10-17,23,25H,1,18H2,2-9H3. The van der Waals surface area contributed by atoms with Crippen molar-refractivity contribution in [1.29, 1.82) is 0 Å². The maximum Gasteiger partial charge on any atom is 0.259 e. The Balaban J connectivity index is 1.98. The fourth-order valence-electron chi connectivity index (χ4n) is 4.62. The summed E-state index contributed by atoms with van der Waals surface area (Å²) < 4.78 is 5.30. The molecule has 0 aliphatic carbocycles. The van der Waals surface area contributed by atoms with Gasteiger partial charge in [-0.1, -0.05) is 71.9 Å². The molecule has 2 aromatic carbocycles. The molecule has 1 aliphatic heterocycles. The summed E-state index contributed by atoms with van der Waals surface area (Å²) in [6, 6.07) is 16.0. The monoisotopic (exact) mass is 434 g/mol. The predicted molar refractivity (Wildman–Crippen MR) is 133 cm³/mol. The van der Waals surface area contributed by atoms with Crippen LogP contribution >= 0.6 is 0 Å². The van der Waals surface area contributed by atoms with Gasteiger partial charge in [-0.05, 0) is 53.5 Å². The summed E-state index contributed by atoms with van der Waals surface area (Å²) >= 11 is 0. The zero-order valence-electron chi connectivity index (χ0n) is 20.9. The third kappa shape index (κ3) is 4.69. The summed E-state index contributed by atoms with van der Waals surface area (Å²) in [7, 11) is 3.42. The van der Waals surface area contributed by atoms with Crippen molar-refractivity contribution in [2.24, 2.45) is 10.8 Å². The van der Waals surface area contributed by atoms with Gasteiger partial charge in [0.2, 0.25) is 0 Å². The number of carbonyl (C=O) groups excluding carboxylic acids is 1. The summed E-state index contributed by atoms with van der Waals surface area (Å²) in [5.74, 6) is 0.897. The first kappa shape index (κ1) is 23.9. The molecule has 0 aromatic heterocycles. The minimum Gasteiger partial charge on any atom is -0.483 e. The van der Waals surface area contributed by atoms with Crippen LogP contribution in [0.15, 0.2) is 61.0 Å². The molecule has 32 heavy (non-hydrogen) atoms. The van der Waals surface area contributed by atoms with E-state index in [0.29, 0.717) is 11.8 Å². The molecule has 0 radical (unpaired) electrons. The molecule has 0 N–H and O–H groups in total. The van der Waals surface area contributed by atoms with Crippen LogP contribution in [0.4, 0.5) is 11.4 Å². The van der Waals surface area contributed by atoms with Crippen LogP contribution < -0.4 is 4.90 Å². The Morgan fingerprint density at radius 3 is 2.19 bits per heavy atom. The van der Waals surface area contributed by atoms with E-state index in [1.54, 1.807) is 12.0 Å². The average molecular weight is 435 g/mol. The van der Waals surface area contributed by atoms with Gasteiger partial charge in [0.15, 0.2) is 5.88 Å². The number of carbonyl (C=O) groups is 1. The highest BCUT2D eigenvalue weighted by Gasteiger charge is 2.41. The number of para-hydroxylation sites is 1. The van der Waals surface area contributed by atoms with Gasteiger partial charge in [-0.15, -0.1) is 0 Å². The second-order valence-corrected chi connectivity index (χ2v) is 11.1. The van der Waals surface area contributed by atoms with Crippen LogP contribution in [-0.2, 0) is 9.53 Å². The van der Waals surface area contributed by atoms with E-state index in [2.05, 4.69) is 72.4 Å². The van der Waals surface area contributed by atoms with Gasteiger partial charge < -0.3 is 9.64 Å². The van der Waals surface area contributed by atoms with Crippen molar-refractivity contribution in [2.45, 2.75) is 59.9 Å². The SMILES string of the molecule is C=C(OC)N(C)C1C(=O)N(c2ccc(C(CC(C)(C)C)C(C)(C)C)cc2)c2ccccc21. The number of benzene rings is 2. The lowest BCUT2D eigenvalue weighted by atomic mass is 9.69. The molecule has 0 bridgehead atoms. The van der Waals surface area contributed by atoms with Gasteiger partial charge in [-0.25, -0.2) is 0 Å². The number of hydrogen-bond acceptors (Lipinski definition) is 3. The average Bonchev–Trinajstić information content (AvgIpc) is 3.01. The highest BCUT2D eigenvalue weighted by Crippen LogP contribution is 2.46. The fraction of sp³-hybridized carbons (Fsp3) is 0.464. The van der Waals surface area contributed by atoms with Crippen molar-refractivity contribution in [3.8, 4) is 0 Å². The zero-order valence-corrected chi connectivity index (χ0v) is 20.9. The molecule has 2 aromatic rings. The molecule has 0 fully saturated rings. The Labute approximate surface area is 193 Å². The molecule has 2 atom stereocenters. The lowest BCUT2D eigenvalue weighted by Gasteiger charge is -2.36. The van der Waals surface area contributed by atoms with Crippen LogP contribution in [0.25, 0.3) is 0 Å². The lowest BCUT2D eigenvalue weighted by Crippen LogP contribution is -2.33. The molecule has 2 unspecified atom stereocenters. The van der Waals surface area contributed by atoms with Crippen molar-refractivity contribution in [3.63, 3.8) is 0 Å². The molecular formula is C28H38N2O2. The zero-order chi connectivity index (χ0) is 23.8. The maximum absolute atomic E-state index is 13.6. The summed E-state index contributed by atoms with van der Waals surface area (Å²) in [5, 5.41) is 0. The van der Waals surface area contributed by atoms with Crippen LogP contribution in [0.2, 0.25) is 0 Å². The second-order valence-electron chi connectivity index (χ2n) is 11.1. The molecular weight excluding hydrogens is 396 g/mol. The molecule has 4 nitrogen and oxygen atoms in total. The molecule has 4 heteroatoms. The number of nitrogens with zero attached hydrogens (tertiary/aromatic N) is 2. The van der Waals surface area contributed by atoms with Gasteiger partial charge in [-0.2, -0.15) is 0 Å². The molecule has 0 spiro atoms. The number of ether oxygens (including phenoxy) is 1. The fourth-order valence-corrected chi connectivity index (χ4v) is 4.62. The molecule has 1 amide bonds. The first-order valence-electron chi connectivity index (χ1n) is 11.3. The van der Waals surface area contributed by atoms with Crippen molar-refractivity contribution in [3.05, 3.63) is 72.1 Å². The van der Waals surface area contributed by atoms with Gasteiger partial charge in [0.1, 0.15) is 6.04 Å². The van der Waals surface area contributed by atoms with E-state index in [0.717, 1.165) is 23.4 Å². The Morgan fingerprint density at radius 1 is 1.06 bits per heavy atom. The molecule has 1 heterocycles. The van der Waals surface area contributed by atoms with E-state index in [1.807, 2.05) is 36.2 Å². The number of rotatable bonds is 6. The number of fused-ring (bicyclic) bond motifs is 1. The first-order valence-corrected chi connectivity index (χ1v) is 11.3. The number of hydrogen-bond donors (Lipinski definition) is 0. The van der Waals surface area contributed by atoms with Crippen molar-refractivity contribution in [1.82, 2.24) is 4.90 Å². The number of amides is 1.